The lowest BCUT2D eigenvalue weighted by Gasteiger charge is -2.25. The number of guanidine groups is 1. The van der Waals surface area contributed by atoms with Crippen molar-refractivity contribution in [2.24, 2.45) is 16.6 Å². The van der Waals surface area contributed by atoms with Gasteiger partial charge in [0.15, 0.2) is 17.5 Å². The number of nitrogens with zero attached hydrogens (tertiary/aromatic N) is 1. The monoisotopic (exact) mass is 301 g/mol. The van der Waals surface area contributed by atoms with Gasteiger partial charge in [0.1, 0.15) is 6.61 Å². The molecule has 1 aliphatic carbocycles. The Balaban J connectivity index is 1.91. The predicted molar refractivity (Wildman–Crippen MR) is 88.0 cm³/mol. The van der Waals surface area contributed by atoms with Crippen LogP contribution in [0.3, 0.4) is 0 Å². The fraction of sp³-hybridized carbons (Fsp3) is 0.471. The van der Waals surface area contributed by atoms with E-state index in [0.29, 0.717) is 24.0 Å². The lowest BCUT2D eigenvalue weighted by molar-refractivity contribution is 0.315. The molecule has 3 N–H and O–H groups in total. The number of methoxy groups -OCH3 is 1. The van der Waals surface area contributed by atoms with Crippen molar-refractivity contribution in [2.45, 2.75) is 25.8 Å². The number of rotatable bonds is 7. The molecule has 1 fully saturated rings. The van der Waals surface area contributed by atoms with Gasteiger partial charge >= 0.3 is 0 Å². The molecule has 0 radical (unpaired) electrons. The van der Waals surface area contributed by atoms with Gasteiger partial charge in [0.25, 0.3) is 0 Å². The summed E-state index contributed by atoms with van der Waals surface area (Å²) in [6.45, 7) is 1.60. The Hall–Kier alpha value is -2.35. The molecule has 1 aromatic rings. The molecule has 0 aliphatic heterocycles. The zero-order chi connectivity index (χ0) is 15.8. The van der Waals surface area contributed by atoms with Crippen molar-refractivity contribution in [1.29, 1.82) is 0 Å². The SMILES string of the molecule is C#CCOc1cc(CN=C(N)NCC2CCC2)ccc1OC. The highest BCUT2D eigenvalue weighted by Crippen LogP contribution is 2.28. The van der Waals surface area contributed by atoms with Gasteiger partial charge in [0, 0.05) is 6.54 Å². The largest absolute Gasteiger partial charge is 0.493 e. The zero-order valence-electron chi connectivity index (χ0n) is 13.0. The molecule has 0 saturated heterocycles. The number of ether oxygens (including phenoxy) is 2. The molecule has 0 atom stereocenters. The molecule has 5 heteroatoms. The summed E-state index contributed by atoms with van der Waals surface area (Å²) in [5.74, 6) is 4.94. The van der Waals surface area contributed by atoms with Crippen LogP contribution < -0.4 is 20.5 Å². The van der Waals surface area contributed by atoms with Crippen LogP contribution in [-0.2, 0) is 6.54 Å². The van der Waals surface area contributed by atoms with Crippen LogP contribution in [0.15, 0.2) is 23.2 Å². The molecule has 0 unspecified atom stereocenters. The van der Waals surface area contributed by atoms with E-state index in [0.717, 1.165) is 18.0 Å². The van der Waals surface area contributed by atoms with E-state index in [-0.39, 0.29) is 6.61 Å². The Morgan fingerprint density at radius 1 is 1.45 bits per heavy atom. The second kappa shape index (κ2) is 8.18. The van der Waals surface area contributed by atoms with Crippen LogP contribution in [0, 0.1) is 18.3 Å². The van der Waals surface area contributed by atoms with Crippen LogP contribution in [0.5, 0.6) is 11.5 Å². The van der Waals surface area contributed by atoms with Crippen LogP contribution in [0.25, 0.3) is 0 Å². The smallest absolute Gasteiger partial charge is 0.188 e. The summed E-state index contributed by atoms with van der Waals surface area (Å²) in [6, 6.07) is 5.65. The molecule has 1 saturated carbocycles. The minimum atomic E-state index is 0.203. The van der Waals surface area contributed by atoms with Gasteiger partial charge in [-0.05, 0) is 36.5 Å². The van der Waals surface area contributed by atoms with Crippen molar-refractivity contribution in [3.63, 3.8) is 0 Å². The third-order valence-electron chi connectivity index (χ3n) is 3.77. The van der Waals surface area contributed by atoms with E-state index in [2.05, 4.69) is 16.2 Å². The van der Waals surface area contributed by atoms with Crippen molar-refractivity contribution in [2.75, 3.05) is 20.3 Å². The summed E-state index contributed by atoms with van der Waals surface area (Å²) in [4.78, 5) is 4.35. The van der Waals surface area contributed by atoms with Crippen LogP contribution >= 0.6 is 0 Å². The highest BCUT2D eigenvalue weighted by molar-refractivity contribution is 5.77. The van der Waals surface area contributed by atoms with Crippen LogP contribution in [0.1, 0.15) is 24.8 Å². The topological polar surface area (TPSA) is 68.9 Å². The highest BCUT2D eigenvalue weighted by Gasteiger charge is 2.16. The van der Waals surface area contributed by atoms with Gasteiger partial charge in [0.05, 0.1) is 13.7 Å². The first-order valence-corrected chi connectivity index (χ1v) is 7.50. The third kappa shape index (κ3) is 4.59. The molecule has 0 bridgehead atoms. The molecule has 22 heavy (non-hydrogen) atoms. The van der Waals surface area contributed by atoms with E-state index in [9.17, 15) is 0 Å². The Morgan fingerprint density at radius 3 is 2.91 bits per heavy atom. The molecule has 2 rings (SSSR count). The molecule has 1 aromatic carbocycles. The summed E-state index contributed by atoms with van der Waals surface area (Å²) in [5.41, 5.74) is 6.87. The Bertz CT molecular complexity index is 560. The van der Waals surface area contributed by atoms with Crippen molar-refractivity contribution in [3.8, 4) is 23.8 Å². The number of nitrogens with one attached hydrogen (secondary N) is 1. The summed E-state index contributed by atoms with van der Waals surface area (Å²) in [5, 5.41) is 3.17. The Kier molecular flexibility index (Phi) is 5.96. The molecule has 0 spiro atoms. The maximum absolute atomic E-state index is 5.88. The first-order chi connectivity index (χ1) is 10.7. The molecule has 1 aliphatic rings. The zero-order valence-corrected chi connectivity index (χ0v) is 13.0. The van der Waals surface area contributed by atoms with E-state index < -0.39 is 0 Å². The second-order valence-corrected chi connectivity index (χ2v) is 5.36. The van der Waals surface area contributed by atoms with Crippen molar-refractivity contribution in [1.82, 2.24) is 5.32 Å². The van der Waals surface area contributed by atoms with E-state index in [4.69, 9.17) is 21.6 Å². The number of terminal acetylenes is 1. The van der Waals surface area contributed by atoms with Gasteiger partial charge in [0.2, 0.25) is 0 Å². The number of aliphatic imine (C=N–C) groups is 1. The lowest BCUT2D eigenvalue weighted by atomic mass is 9.85. The first-order valence-electron chi connectivity index (χ1n) is 7.50. The van der Waals surface area contributed by atoms with Crippen LogP contribution in [0.2, 0.25) is 0 Å². The van der Waals surface area contributed by atoms with Gasteiger partial charge in [-0.25, -0.2) is 4.99 Å². The standard InChI is InChI=1S/C17H23N3O2/c1-3-9-22-16-10-14(7-8-15(16)21-2)12-20-17(18)19-11-13-5-4-6-13/h1,7-8,10,13H,4-6,9,11-12H2,2H3,(H3,18,19,20). The van der Waals surface area contributed by atoms with Gasteiger partial charge in [-0.3, -0.25) is 0 Å². The minimum Gasteiger partial charge on any atom is -0.493 e. The molecular formula is C17H23N3O2. The van der Waals surface area contributed by atoms with Crippen molar-refractivity contribution >= 4 is 5.96 Å². The van der Waals surface area contributed by atoms with E-state index in [1.165, 1.54) is 19.3 Å². The number of hydrogen-bond donors (Lipinski definition) is 2. The fourth-order valence-electron chi connectivity index (χ4n) is 2.23. The van der Waals surface area contributed by atoms with E-state index >= 15 is 0 Å². The normalized spacial score (nSPS) is 14.8. The number of benzene rings is 1. The summed E-state index contributed by atoms with van der Waals surface area (Å²) < 4.78 is 10.7. The molecule has 0 amide bonds. The quantitative estimate of drug-likeness (QED) is 0.458. The fourth-order valence-corrected chi connectivity index (χ4v) is 2.23. The van der Waals surface area contributed by atoms with Crippen LogP contribution in [0.4, 0.5) is 0 Å². The molecule has 0 heterocycles. The van der Waals surface area contributed by atoms with Gasteiger partial charge in [-0.1, -0.05) is 18.4 Å². The number of hydrogen-bond acceptors (Lipinski definition) is 3. The highest BCUT2D eigenvalue weighted by atomic mass is 16.5. The van der Waals surface area contributed by atoms with Gasteiger partial charge in [-0.15, -0.1) is 6.42 Å². The predicted octanol–water partition coefficient (Wildman–Crippen LogP) is 1.91. The molecule has 118 valence electrons. The second-order valence-electron chi connectivity index (χ2n) is 5.36. The average Bonchev–Trinajstić information content (AvgIpc) is 2.49. The van der Waals surface area contributed by atoms with E-state index in [1.54, 1.807) is 7.11 Å². The molecule has 0 aromatic heterocycles. The Labute approximate surface area is 131 Å². The molecular weight excluding hydrogens is 278 g/mol. The first kappa shape index (κ1) is 16.0. The summed E-state index contributed by atoms with van der Waals surface area (Å²) >= 11 is 0. The van der Waals surface area contributed by atoms with Crippen molar-refractivity contribution in [3.05, 3.63) is 23.8 Å². The van der Waals surface area contributed by atoms with Gasteiger partial charge in [-0.2, -0.15) is 0 Å². The molecule has 5 nitrogen and oxygen atoms in total. The summed E-state index contributed by atoms with van der Waals surface area (Å²) in [7, 11) is 1.60. The lowest BCUT2D eigenvalue weighted by Crippen LogP contribution is -2.37. The maximum Gasteiger partial charge on any atom is 0.188 e. The van der Waals surface area contributed by atoms with E-state index in [1.807, 2.05) is 18.2 Å². The Morgan fingerprint density at radius 2 is 2.27 bits per heavy atom. The van der Waals surface area contributed by atoms with Crippen molar-refractivity contribution < 1.29 is 9.47 Å². The minimum absolute atomic E-state index is 0.203. The third-order valence-corrected chi connectivity index (χ3v) is 3.77. The van der Waals surface area contributed by atoms with Crippen LogP contribution in [-0.4, -0.2) is 26.2 Å². The maximum atomic E-state index is 5.88. The average molecular weight is 301 g/mol. The van der Waals surface area contributed by atoms with Gasteiger partial charge < -0.3 is 20.5 Å². The number of nitrogens with two attached hydrogens (primary N) is 1. The summed E-state index contributed by atoms with van der Waals surface area (Å²) in [6.07, 6.45) is 9.12.